The molecule has 1 N–H and O–H groups in total. The fourth-order valence-corrected chi connectivity index (χ4v) is 2.84. The molecule has 0 aromatic heterocycles. The van der Waals surface area contributed by atoms with Crippen molar-refractivity contribution in [1.82, 2.24) is 0 Å². The lowest BCUT2D eigenvalue weighted by molar-refractivity contribution is 0.0694. The van der Waals surface area contributed by atoms with Gasteiger partial charge < -0.3 is 9.84 Å². The van der Waals surface area contributed by atoms with Crippen LogP contribution in [0, 0.1) is 13.8 Å². The number of benzene rings is 2. The molecule has 136 valence electrons. The first-order chi connectivity index (χ1) is 12.2. The Morgan fingerprint density at radius 2 is 1.77 bits per heavy atom. The molecule has 4 nitrogen and oxygen atoms in total. The average Bonchev–Trinajstić information content (AvgIpc) is 2.55. The first-order valence-electron chi connectivity index (χ1n) is 8.22. The second-order valence-corrected chi connectivity index (χ2v) is 6.72. The fourth-order valence-electron chi connectivity index (χ4n) is 2.72. The molecule has 0 aliphatic rings. The van der Waals surface area contributed by atoms with Crippen LogP contribution < -0.4 is 4.74 Å². The molecule has 0 aliphatic heterocycles. The number of allylic oxidation sites excluding steroid dienone is 1. The molecule has 0 amide bonds. The number of rotatable bonds is 6. The van der Waals surface area contributed by atoms with E-state index in [4.69, 9.17) is 16.3 Å². The van der Waals surface area contributed by atoms with Crippen LogP contribution in [0.2, 0.25) is 5.02 Å². The summed E-state index contributed by atoms with van der Waals surface area (Å²) in [7, 11) is 0. The van der Waals surface area contributed by atoms with E-state index in [1.807, 2.05) is 13.8 Å². The Hall–Kier alpha value is -2.59. The van der Waals surface area contributed by atoms with Crippen LogP contribution in [-0.2, 0) is 0 Å². The monoisotopic (exact) mass is 372 g/mol. The molecule has 26 heavy (non-hydrogen) atoms. The van der Waals surface area contributed by atoms with Crippen molar-refractivity contribution in [3.8, 4) is 5.75 Å². The van der Waals surface area contributed by atoms with Gasteiger partial charge in [-0.25, -0.2) is 4.79 Å². The lowest BCUT2D eigenvalue weighted by Crippen LogP contribution is -2.12. The number of halogens is 1. The van der Waals surface area contributed by atoms with Crippen molar-refractivity contribution >= 4 is 29.4 Å². The summed E-state index contributed by atoms with van der Waals surface area (Å²) in [5.74, 6) is -0.695. The van der Waals surface area contributed by atoms with Crippen LogP contribution in [0.4, 0.5) is 0 Å². The van der Waals surface area contributed by atoms with Crippen molar-refractivity contribution in [2.75, 3.05) is 0 Å². The van der Waals surface area contributed by atoms with E-state index in [9.17, 15) is 14.7 Å². The van der Waals surface area contributed by atoms with Gasteiger partial charge in [-0.2, -0.15) is 0 Å². The maximum absolute atomic E-state index is 12.3. The minimum Gasteiger partial charge on any atom is -0.490 e. The summed E-state index contributed by atoms with van der Waals surface area (Å²) in [6.45, 7) is 7.18. The van der Waals surface area contributed by atoms with E-state index in [0.29, 0.717) is 33.0 Å². The summed E-state index contributed by atoms with van der Waals surface area (Å²) in [6.07, 6.45) is 2.97. The molecular weight excluding hydrogens is 352 g/mol. The van der Waals surface area contributed by atoms with Gasteiger partial charge in [0.05, 0.1) is 11.7 Å². The summed E-state index contributed by atoms with van der Waals surface area (Å²) >= 11 is 5.84. The number of ether oxygens (including phenoxy) is 1. The van der Waals surface area contributed by atoms with Crippen LogP contribution in [-0.4, -0.2) is 23.0 Å². The molecule has 0 spiro atoms. The second kappa shape index (κ2) is 8.19. The van der Waals surface area contributed by atoms with Crippen molar-refractivity contribution < 1.29 is 19.4 Å². The van der Waals surface area contributed by atoms with Crippen LogP contribution in [0.3, 0.4) is 0 Å². The second-order valence-electron chi connectivity index (χ2n) is 6.29. The average molecular weight is 373 g/mol. The summed E-state index contributed by atoms with van der Waals surface area (Å²) < 4.78 is 5.83. The highest BCUT2D eigenvalue weighted by Gasteiger charge is 2.19. The Balaban J connectivity index is 2.45. The molecule has 0 unspecified atom stereocenters. The zero-order valence-corrected chi connectivity index (χ0v) is 15.9. The highest BCUT2D eigenvalue weighted by Crippen LogP contribution is 2.31. The number of carboxylic acid groups (broad SMARTS) is 1. The lowest BCUT2D eigenvalue weighted by atomic mass is 9.97. The van der Waals surface area contributed by atoms with Gasteiger partial charge in [0.25, 0.3) is 0 Å². The number of hydrogen-bond acceptors (Lipinski definition) is 3. The summed E-state index contributed by atoms with van der Waals surface area (Å²) in [5, 5.41) is 10.0. The fraction of sp³-hybridized carbons (Fsp3) is 0.238. The van der Waals surface area contributed by atoms with E-state index < -0.39 is 5.97 Å². The number of aryl methyl sites for hydroxylation is 1. The van der Waals surface area contributed by atoms with Crippen LogP contribution in [0.1, 0.15) is 51.3 Å². The molecule has 0 saturated heterocycles. The van der Waals surface area contributed by atoms with E-state index in [1.54, 1.807) is 50.3 Å². The highest BCUT2D eigenvalue weighted by molar-refractivity contribution is 6.30. The minimum absolute atomic E-state index is 0.128. The third-order valence-corrected chi connectivity index (χ3v) is 4.11. The number of carbonyl (C=O) groups excluding carboxylic acids is 1. The van der Waals surface area contributed by atoms with Crippen molar-refractivity contribution in [3.05, 3.63) is 69.2 Å². The van der Waals surface area contributed by atoms with Gasteiger partial charge in [0.1, 0.15) is 5.75 Å². The van der Waals surface area contributed by atoms with E-state index in [1.165, 1.54) is 6.08 Å². The Morgan fingerprint density at radius 1 is 1.15 bits per heavy atom. The predicted octanol–water partition coefficient (Wildman–Crippen LogP) is 5.34. The highest BCUT2D eigenvalue weighted by atomic mass is 35.5. The molecule has 0 bridgehead atoms. The largest absolute Gasteiger partial charge is 0.490 e. The predicted molar refractivity (Wildman–Crippen MR) is 103 cm³/mol. The maximum Gasteiger partial charge on any atom is 0.336 e. The van der Waals surface area contributed by atoms with Crippen LogP contribution in [0.25, 0.3) is 6.08 Å². The van der Waals surface area contributed by atoms with Gasteiger partial charge in [-0.1, -0.05) is 11.6 Å². The van der Waals surface area contributed by atoms with Crippen molar-refractivity contribution in [2.24, 2.45) is 0 Å². The molecule has 0 atom stereocenters. The Labute approximate surface area is 158 Å². The van der Waals surface area contributed by atoms with Crippen molar-refractivity contribution in [2.45, 2.75) is 33.8 Å². The van der Waals surface area contributed by atoms with E-state index in [2.05, 4.69) is 0 Å². The number of aromatic carboxylic acids is 1. The van der Waals surface area contributed by atoms with Gasteiger partial charge >= 0.3 is 5.97 Å². The van der Waals surface area contributed by atoms with Crippen LogP contribution in [0.5, 0.6) is 5.75 Å². The Bertz CT molecular complexity index is 865. The Morgan fingerprint density at radius 3 is 2.31 bits per heavy atom. The van der Waals surface area contributed by atoms with Crippen molar-refractivity contribution in [3.63, 3.8) is 0 Å². The van der Waals surface area contributed by atoms with E-state index >= 15 is 0 Å². The quantitative estimate of drug-likeness (QED) is 0.549. The van der Waals surface area contributed by atoms with Gasteiger partial charge in [-0.15, -0.1) is 0 Å². The van der Waals surface area contributed by atoms with Gasteiger partial charge in [0, 0.05) is 21.7 Å². The van der Waals surface area contributed by atoms with Crippen LogP contribution >= 0.6 is 11.6 Å². The molecule has 0 saturated carbocycles. The number of ketones is 1. The molecule has 2 rings (SSSR count). The minimum atomic E-state index is -0.999. The topological polar surface area (TPSA) is 63.6 Å². The lowest BCUT2D eigenvalue weighted by Gasteiger charge is -2.18. The zero-order chi connectivity index (χ0) is 19.4. The van der Waals surface area contributed by atoms with Gasteiger partial charge in [-0.3, -0.25) is 4.79 Å². The molecule has 0 fully saturated rings. The van der Waals surface area contributed by atoms with Crippen molar-refractivity contribution in [1.29, 1.82) is 0 Å². The van der Waals surface area contributed by atoms with Gasteiger partial charge in [-0.05, 0) is 75.7 Å². The van der Waals surface area contributed by atoms with Gasteiger partial charge in [0.15, 0.2) is 5.78 Å². The van der Waals surface area contributed by atoms with E-state index in [0.717, 1.165) is 0 Å². The standard InChI is InChI=1S/C21H21ClO4/c1-12(2)26-20-14(4)19(21(24)25)13(3)11-16(20)7-10-18(23)15-5-8-17(22)9-6-15/h5-12H,1-4H3,(H,24,25)/b10-7+. The SMILES string of the molecule is Cc1cc(/C=C/C(=O)c2ccc(Cl)cc2)c(OC(C)C)c(C)c1C(=O)O. The molecule has 0 radical (unpaired) electrons. The third-order valence-electron chi connectivity index (χ3n) is 3.85. The molecule has 5 heteroatoms. The summed E-state index contributed by atoms with van der Waals surface area (Å²) in [5.41, 5.74) is 2.57. The van der Waals surface area contributed by atoms with E-state index in [-0.39, 0.29) is 17.5 Å². The summed E-state index contributed by atoms with van der Waals surface area (Å²) in [4.78, 5) is 23.9. The number of carbonyl (C=O) groups is 2. The number of carboxylic acids is 1. The van der Waals surface area contributed by atoms with Crippen LogP contribution in [0.15, 0.2) is 36.4 Å². The molecule has 2 aromatic carbocycles. The smallest absolute Gasteiger partial charge is 0.336 e. The third kappa shape index (κ3) is 4.52. The molecule has 2 aromatic rings. The maximum atomic E-state index is 12.3. The van der Waals surface area contributed by atoms with Gasteiger partial charge in [0.2, 0.25) is 0 Å². The molecular formula is C21H21ClO4. The summed E-state index contributed by atoms with van der Waals surface area (Å²) in [6, 6.07) is 8.35. The molecule has 0 heterocycles. The first-order valence-corrected chi connectivity index (χ1v) is 8.60. The normalized spacial score (nSPS) is 11.2. The molecule has 0 aliphatic carbocycles. The first kappa shape index (κ1) is 19.7. The number of hydrogen-bond donors (Lipinski definition) is 1. The zero-order valence-electron chi connectivity index (χ0n) is 15.2. The Kier molecular flexibility index (Phi) is 6.22.